The molecule has 0 aromatic heterocycles. The van der Waals surface area contributed by atoms with E-state index in [2.05, 4.69) is 23.9 Å². The van der Waals surface area contributed by atoms with Crippen LogP contribution in [0.4, 0.5) is 11.4 Å². The van der Waals surface area contributed by atoms with Crippen molar-refractivity contribution in [2.24, 2.45) is 17.6 Å². The Kier molecular flexibility index (Phi) is 6.10. The fraction of sp³-hybridized carbons (Fsp3) is 0.538. The Balaban J connectivity index is 2.81. The molecule has 4 N–H and O–H groups in total. The minimum atomic E-state index is -3.30. The van der Waals surface area contributed by atoms with Crippen LogP contribution in [0.1, 0.15) is 13.8 Å². The molecule has 20 heavy (non-hydrogen) atoms. The van der Waals surface area contributed by atoms with Crippen molar-refractivity contribution < 1.29 is 8.42 Å². The third-order valence-corrected chi connectivity index (χ3v) is 4.01. The molecule has 0 bridgehead atoms. The molecule has 0 saturated carbocycles. The van der Waals surface area contributed by atoms with E-state index in [0.717, 1.165) is 6.26 Å². The molecular weight excluding hydrogens is 298 g/mol. The molecular formula is C13H22ClN3O2S. The van der Waals surface area contributed by atoms with E-state index in [1.165, 1.54) is 0 Å². The molecule has 1 aromatic rings. The summed E-state index contributed by atoms with van der Waals surface area (Å²) in [6.07, 6.45) is 1.11. The van der Waals surface area contributed by atoms with Crippen molar-refractivity contribution in [1.29, 1.82) is 0 Å². The summed E-state index contributed by atoms with van der Waals surface area (Å²) in [5, 5.41) is 3.77. The van der Waals surface area contributed by atoms with Crippen LogP contribution in [0.25, 0.3) is 0 Å². The maximum atomic E-state index is 11.2. The number of rotatable bonds is 7. The Labute approximate surface area is 125 Å². The van der Waals surface area contributed by atoms with Gasteiger partial charge in [0.2, 0.25) is 10.0 Å². The van der Waals surface area contributed by atoms with Gasteiger partial charge in [0, 0.05) is 6.54 Å². The lowest BCUT2D eigenvalue weighted by atomic mass is 9.96. The third kappa shape index (κ3) is 5.56. The van der Waals surface area contributed by atoms with Crippen LogP contribution in [0.3, 0.4) is 0 Å². The zero-order chi connectivity index (χ0) is 15.3. The lowest BCUT2D eigenvalue weighted by Crippen LogP contribution is -2.27. The minimum absolute atomic E-state index is 0.331. The number of benzene rings is 1. The molecule has 7 heteroatoms. The molecule has 1 aromatic carbocycles. The summed E-state index contributed by atoms with van der Waals surface area (Å²) in [5.41, 5.74) is 6.90. The third-order valence-electron chi connectivity index (χ3n) is 3.07. The molecule has 1 unspecified atom stereocenters. The van der Waals surface area contributed by atoms with Gasteiger partial charge in [-0.15, -0.1) is 0 Å². The van der Waals surface area contributed by atoms with E-state index in [0.29, 0.717) is 41.3 Å². The maximum absolute atomic E-state index is 11.2. The van der Waals surface area contributed by atoms with E-state index in [9.17, 15) is 8.42 Å². The van der Waals surface area contributed by atoms with Crippen LogP contribution in [0.2, 0.25) is 5.02 Å². The standard InChI is InChI=1S/C13H22ClN3O2S/c1-9(2)10(7-15)8-16-13-6-11(4-5-12(13)14)17-20(3,18)19/h4-6,9-10,16-17H,7-8,15H2,1-3H3. The number of nitrogens with two attached hydrogens (primary N) is 1. The lowest BCUT2D eigenvalue weighted by Gasteiger charge is -2.20. The Morgan fingerprint density at radius 1 is 1.35 bits per heavy atom. The highest BCUT2D eigenvalue weighted by atomic mass is 35.5. The van der Waals surface area contributed by atoms with Crippen LogP contribution in [-0.2, 0) is 10.0 Å². The van der Waals surface area contributed by atoms with E-state index < -0.39 is 10.0 Å². The number of sulfonamides is 1. The summed E-state index contributed by atoms with van der Waals surface area (Å²) < 4.78 is 24.9. The molecule has 0 heterocycles. The normalized spacial score (nSPS) is 13.3. The number of nitrogens with one attached hydrogen (secondary N) is 2. The molecule has 0 aliphatic carbocycles. The van der Waals surface area contributed by atoms with Gasteiger partial charge in [-0.1, -0.05) is 25.4 Å². The molecule has 1 rings (SSSR count). The second-order valence-electron chi connectivity index (χ2n) is 5.19. The zero-order valence-corrected chi connectivity index (χ0v) is 13.6. The summed E-state index contributed by atoms with van der Waals surface area (Å²) in [5.74, 6) is 0.793. The highest BCUT2D eigenvalue weighted by Gasteiger charge is 2.12. The quantitative estimate of drug-likeness (QED) is 0.720. The van der Waals surface area contributed by atoms with Gasteiger partial charge in [-0.05, 0) is 36.6 Å². The summed E-state index contributed by atoms with van der Waals surface area (Å²) >= 11 is 6.10. The molecule has 0 fully saturated rings. The zero-order valence-electron chi connectivity index (χ0n) is 12.0. The number of halogens is 1. The second kappa shape index (κ2) is 7.15. The highest BCUT2D eigenvalue weighted by molar-refractivity contribution is 7.92. The van der Waals surface area contributed by atoms with E-state index in [1.807, 2.05) is 0 Å². The first kappa shape index (κ1) is 17.1. The first-order chi connectivity index (χ1) is 9.23. The Morgan fingerprint density at radius 2 is 2.00 bits per heavy atom. The van der Waals surface area contributed by atoms with Crippen molar-refractivity contribution in [3.05, 3.63) is 23.2 Å². The number of hydrogen-bond acceptors (Lipinski definition) is 4. The predicted molar refractivity (Wildman–Crippen MR) is 85.8 cm³/mol. The summed E-state index contributed by atoms with van der Waals surface area (Å²) in [6.45, 7) is 5.50. The van der Waals surface area contributed by atoms with E-state index in [1.54, 1.807) is 18.2 Å². The SMILES string of the molecule is CC(C)C(CN)CNc1cc(NS(C)(=O)=O)ccc1Cl. The van der Waals surface area contributed by atoms with Crippen molar-refractivity contribution in [3.63, 3.8) is 0 Å². The first-order valence-corrected chi connectivity index (χ1v) is 8.71. The number of hydrogen-bond donors (Lipinski definition) is 3. The smallest absolute Gasteiger partial charge is 0.229 e. The van der Waals surface area contributed by atoms with Gasteiger partial charge < -0.3 is 11.1 Å². The van der Waals surface area contributed by atoms with E-state index in [-0.39, 0.29) is 0 Å². The fourth-order valence-electron chi connectivity index (χ4n) is 1.77. The van der Waals surface area contributed by atoms with Crippen molar-refractivity contribution in [2.75, 3.05) is 29.4 Å². The van der Waals surface area contributed by atoms with Gasteiger partial charge in [0.25, 0.3) is 0 Å². The van der Waals surface area contributed by atoms with Crippen molar-refractivity contribution >= 4 is 33.0 Å². The highest BCUT2D eigenvalue weighted by Crippen LogP contribution is 2.26. The lowest BCUT2D eigenvalue weighted by molar-refractivity contribution is 0.413. The summed E-state index contributed by atoms with van der Waals surface area (Å²) in [7, 11) is -3.30. The van der Waals surface area contributed by atoms with Crippen LogP contribution in [-0.4, -0.2) is 27.8 Å². The van der Waals surface area contributed by atoms with Crippen LogP contribution >= 0.6 is 11.6 Å². The van der Waals surface area contributed by atoms with Crippen LogP contribution in [0.15, 0.2) is 18.2 Å². The van der Waals surface area contributed by atoms with E-state index >= 15 is 0 Å². The van der Waals surface area contributed by atoms with Crippen LogP contribution < -0.4 is 15.8 Å². The molecule has 114 valence electrons. The van der Waals surface area contributed by atoms with Crippen molar-refractivity contribution in [2.45, 2.75) is 13.8 Å². The number of anilines is 2. The van der Waals surface area contributed by atoms with Crippen molar-refractivity contribution in [3.8, 4) is 0 Å². The molecule has 0 saturated heterocycles. The van der Waals surface area contributed by atoms with Crippen molar-refractivity contribution in [1.82, 2.24) is 0 Å². The van der Waals surface area contributed by atoms with Crippen LogP contribution in [0.5, 0.6) is 0 Å². The van der Waals surface area contributed by atoms with Gasteiger partial charge in [0.15, 0.2) is 0 Å². The Hall–Kier alpha value is -0.980. The largest absolute Gasteiger partial charge is 0.383 e. The minimum Gasteiger partial charge on any atom is -0.383 e. The van der Waals surface area contributed by atoms with Gasteiger partial charge in [0.05, 0.1) is 22.7 Å². The topological polar surface area (TPSA) is 84.2 Å². The molecule has 0 aliphatic rings. The van der Waals surface area contributed by atoms with Gasteiger partial charge >= 0.3 is 0 Å². The first-order valence-electron chi connectivity index (χ1n) is 6.44. The Bertz CT molecular complexity index is 547. The second-order valence-corrected chi connectivity index (χ2v) is 7.35. The molecule has 0 aliphatic heterocycles. The summed E-state index contributed by atoms with van der Waals surface area (Å²) in [6, 6.07) is 4.96. The summed E-state index contributed by atoms with van der Waals surface area (Å²) in [4.78, 5) is 0. The van der Waals surface area contributed by atoms with Gasteiger partial charge in [-0.25, -0.2) is 8.42 Å². The monoisotopic (exact) mass is 319 g/mol. The molecule has 0 amide bonds. The van der Waals surface area contributed by atoms with E-state index in [4.69, 9.17) is 17.3 Å². The molecule has 0 spiro atoms. The Morgan fingerprint density at radius 3 is 2.50 bits per heavy atom. The average Bonchev–Trinajstić information content (AvgIpc) is 2.31. The average molecular weight is 320 g/mol. The van der Waals surface area contributed by atoms with Crippen LogP contribution in [0, 0.1) is 11.8 Å². The van der Waals surface area contributed by atoms with Gasteiger partial charge in [-0.2, -0.15) is 0 Å². The fourth-order valence-corrected chi connectivity index (χ4v) is 2.51. The molecule has 0 radical (unpaired) electrons. The molecule has 5 nitrogen and oxygen atoms in total. The predicted octanol–water partition coefficient (Wildman–Crippen LogP) is 2.35. The van der Waals surface area contributed by atoms with Gasteiger partial charge in [0.1, 0.15) is 0 Å². The molecule has 1 atom stereocenters. The maximum Gasteiger partial charge on any atom is 0.229 e. The van der Waals surface area contributed by atoms with Gasteiger partial charge in [-0.3, -0.25) is 4.72 Å².